The third kappa shape index (κ3) is 2.82. The van der Waals surface area contributed by atoms with Gasteiger partial charge in [-0.25, -0.2) is 4.98 Å². The number of hydrogen-bond acceptors (Lipinski definition) is 2. The van der Waals surface area contributed by atoms with E-state index in [2.05, 4.69) is 45.0 Å². The van der Waals surface area contributed by atoms with Crippen molar-refractivity contribution in [2.24, 2.45) is 0 Å². The molecule has 1 saturated carbocycles. The zero-order valence-electron chi connectivity index (χ0n) is 13.8. The summed E-state index contributed by atoms with van der Waals surface area (Å²) in [5, 5.41) is 4.36. The number of nitrogens with one attached hydrogen (secondary N) is 2. The number of H-pyrrole nitrogens is 1. The summed E-state index contributed by atoms with van der Waals surface area (Å²) in [6, 6.07) is 6.81. The first-order valence-electron chi connectivity index (χ1n) is 8.54. The second-order valence-electron chi connectivity index (χ2n) is 6.72. The molecule has 2 N–H and O–H groups in total. The molecule has 0 aliphatic heterocycles. The van der Waals surface area contributed by atoms with E-state index < -0.39 is 0 Å². The van der Waals surface area contributed by atoms with Gasteiger partial charge in [0.25, 0.3) is 0 Å². The van der Waals surface area contributed by atoms with Crippen molar-refractivity contribution in [3.8, 4) is 0 Å². The first-order chi connectivity index (χ1) is 11.7. The molecule has 2 heterocycles. The van der Waals surface area contributed by atoms with E-state index in [1.165, 1.54) is 5.56 Å². The van der Waals surface area contributed by atoms with Gasteiger partial charge in [-0.2, -0.15) is 0 Å². The minimum Gasteiger partial charge on any atom is -0.361 e. The van der Waals surface area contributed by atoms with Gasteiger partial charge in [-0.3, -0.25) is 4.79 Å². The van der Waals surface area contributed by atoms with Crippen LogP contribution >= 0.6 is 0 Å². The molecule has 0 saturated heterocycles. The van der Waals surface area contributed by atoms with Crippen molar-refractivity contribution in [3.63, 3.8) is 0 Å². The molecule has 2 unspecified atom stereocenters. The minimum atomic E-state index is 0.0912. The molecular formula is C19H22N4O. The number of rotatable bonds is 4. The lowest BCUT2D eigenvalue weighted by Crippen LogP contribution is -2.38. The van der Waals surface area contributed by atoms with Crippen LogP contribution in [0.1, 0.15) is 36.4 Å². The normalized spacial score (nSPS) is 20.5. The summed E-state index contributed by atoms with van der Waals surface area (Å²) in [6.45, 7) is 2.07. The number of aromatic nitrogens is 3. The highest BCUT2D eigenvalue weighted by Crippen LogP contribution is 2.30. The van der Waals surface area contributed by atoms with Crippen LogP contribution < -0.4 is 5.32 Å². The molecule has 1 fully saturated rings. The van der Waals surface area contributed by atoms with Crippen LogP contribution in [0.3, 0.4) is 0 Å². The SMILES string of the molecule is Cc1ccc2c(CC(=O)NC3CCCC3n3ccnc3)c[nH]c2c1. The molecule has 1 amide bonds. The summed E-state index contributed by atoms with van der Waals surface area (Å²) in [4.78, 5) is 19.9. The number of amides is 1. The highest BCUT2D eigenvalue weighted by molar-refractivity contribution is 5.89. The maximum Gasteiger partial charge on any atom is 0.224 e. The second-order valence-corrected chi connectivity index (χ2v) is 6.72. The number of aromatic amines is 1. The lowest BCUT2D eigenvalue weighted by atomic mass is 10.1. The maximum absolute atomic E-state index is 12.5. The Balaban J connectivity index is 1.46. The van der Waals surface area contributed by atoms with Crippen molar-refractivity contribution in [2.75, 3.05) is 0 Å². The summed E-state index contributed by atoms with van der Waals surface area (Å²) in [7, 11) is 0. The van der Waals surface area contributed by atoms with Gasteiger partial charge in [0.05, 0.1) is 18.8 Å². The van der Waals surface area contributed by atoms with E-state index >= 15 is 0 Å². The Morgan fingerprint density at radius 2 is 2.33 bits per heavy atom. The summed E-state index contributed by atoms with van der Waals surface area (Å²) in [5.41, 5.74) is 3.36. The smallest absolute Gasteiger partial charge is 0.224 e. The molecule has 2 aromatic heterocycles. The van der Waals surface area contributed by atoms with Crippen molar-refractivity contribution >= 4 is 16.8 Å². The molecule has 0 radical (unpaired) electrons. The summed E-state index contributed by atoms with van der Waals surface area (Å²) in [5.74, 6) is 0.0912. The number of nitrogens with zero attached hydrogens (tertiary/aromatic N) is 2. The molecule has 24 heavy (non-hydrogen) atoms. The van der Waals surface area contributed by atoms with Gasteiger partial charge >= 0.3 is 0 Å². The first-order valence-corrected chi connectivity index (χ1v) is 8.54. The molecular weight excluding hydrogens is 300 g/mol. The van der Waals surface area contributed by atoms with Crippen molar-refractivity contribution in [2.45, 2.75) is 44.7 Å². The zero-order chi connectivity index (χ0) is 16.5. The molecule has 3 aromatic rings. The first kappa shape index (κ1) is 15.0. The van der Waals surface area contributed by atoms with E-state index in [1.54, 1.807) is 6.20 Å². The fourth-order valence-electron chi connectivity index (χ4n) is 3.81. The van der Waals surface area contributed by atoms with Gasteiger partial charge < -0.3 is 14.9 Å². The minimum absolute atomic E-state index is 0.0912. The van der Waals surface area contributed by atoms with Crippen molar-refractivity contribution in [3.05, 3.63) is 54.2 Å². The third-order valence-electron chi connectivity index (χ3n) is 5.01. The van der Waals surface area contributed by atoms with E-state index in [-0.39, 0.29) is 11.9 Å². The Hall–Kier alpha value is -2.56. The number of carbonyl (C=O) groups excluding carboxylic acids is 1. The predicted molar refractivity (Wildman–Crippen MR) is 93.8 cm³/mol. The highest BCUT2D eigenvalue weighted by atomic mass is 16.1. The average Bonchev–Trinajstić information content (AvgIpc) is 3.28. The largest absolute Gasteiger partial charge is 0.361 e. The van der Waals surface area contributed by atoms with Gasteiger partial charge in [0.1, 0.15) is 0 Å². The molecule has 4 rings (SSSR count). The van der Waals surface area contributed by atoms with E-state index in [4.69, 9.17) is 0 Å². The monoisotopic (exact) mass is 322 g/mol. The Morgan fingerprint density at radius 3 is 3.17 bits per heavy atom. The standard InChI is InChI=1S/C19H22N4O/c1-13-5-6-15-14(11-21-17(15)9-13)10-19(24)22-16-3-2-4-18(16)23-8-7-20-12-23/h5-9,11-12,16,18,21H,2-4,10H2,1H3,(H,22,24). The molecule has 124 valence electrons. The molecule has 0 spiro atoms. The predicted octanol–water partition coefficient (Wildman–Crippen LogP) is 3.13. The van der Waals surface area contributed by atoms with Crippen molar-refractivity contribution in [1.29, 1.82) is 0 Å². The van der Waals surface area contributed by atoms with Gasteiger partial charge in [0.15, 0.2) is 0 Å². The fraction of sp³-hybridized carbons (Fsp3) is 0.368. The van der Waals surface area contributed by atoms with E-state index in [9.17, 15) is 4.79 Å². The molecule has 0 bridgehead atoms. The molecule has 5 heteroatoms. The lowest BCUT2D eigenvalue weighted by molar-refractivity contribution is -0.121. The molecule has 2 atom stereocenters. The number of aryl methyl sites for hydroxylation is 1. The summed E-state index contributed by atoms with van der Waals surface area (Å²) >= 11 is 0. The molecule has 1 aromatic carbocycles. The van der Waals surface area contributed by atoms with Gasteiger partial charge in [0.2, 0.25) is 5.91 Å². The van der Waals surface area contributed by atoms with E-state index in [0.29, 0.717) is 12.5 Å². The van der Waals surface area contributed by atoms with Crippen LogP contribution in [0.2, 0.25) is 0 Å². The van der Waals surface area contributed by atoms with Crippen LogP contribution in [0.25, 0.3) is 10.9 Å². The number of benzene rings is 1. The zero-order valence-corrected chi connectivity index (χ0v) is 13.8. The number of carbonyl (C=O) groups is 1. The van der Waals surface area contributed by atoms with Crippen LogP contribution in [0.4, 0.5) is 0 Å². The highest BCUT2D eigenvalue weighted by Gasteiger charge is 2.29. The van der Waals surface area contributed by atoms with Gasteiger partial charge in [-0.1, -0.05) is 12.1 Å². The number of hydrogen-bond donors (Lipinski definition) is 2. The lowest BCUT2D eigenvalue weighted by Gasteiger charge is -2.22. The summed E-state index contributed by atoms with van der Waals surface area (Å²) < 4.78 is 2.12. The maximum atomic E-state index is 12.5. The third-order valence-corrected chi connectivity index (χ3v) is 5.01. The fourth-order valence-corrected chi connectivity index (χ4v) is 3.81. The van der Waals surface area contributed by atoms with Crippen LogP contribution in [0.5, 0.6) is 0 Å². The van der Waals surface area contributed by atoms with Gasteiger partial charge in [0, 0.05) is 35.5 Å². The Kier molecular flexibility index (Phi) is 3.84. The second kappa shape index (κ2) is 6.15. The quantitative estimate of drug-likeness (QED) is 0.775. The Labute approximate surface area is 141 Å². The number of imidazole rings is 1. The van der Waals surface area contributed by atoms with Crippen LogP contribution in [-0.2, 0) is 11.2 Å². The van der Waals surface area contributed by atoms with E-state index in [1.807, 2.05) is 18.7 Å². The van der Waals surface area contributed by atoms with E-state index in [0.717, 1.165) is 35.7 Å². The summed E-state index contributed by atoms with van der Waals surface area (Å²) in [6.07, 6.45) is 11.2. The number of fused-ring (bicyclic) bond motifs is 1. The molecule has 1 aliphatic rings. The van der Waals surface area contributed by atoms with Crippen LogP contribution in [0, 0.1) is 6.92 Å². The molecule has 5 nitrogen and oxygen atoms in total. The van der Waals surface area contributed by atoms with Crippen molar-refractivity contribution < 1.29 is 4.79 Å². The van der Waals surface area contributed by atoms with Crippen molar-refractivity contribution in [1.82, 2.24) is 19.9 Å². The Morgan fingerprint density at radius 1 is 1.42 bits per heavy atom. The molecule has 1 aliphatic carbocycles. The topological polar surface area (TPSA) is 62.7 Å². The Bertz CT molecular complexity index is 850. The van der Waals surface area contributed by atoms with Gasteiger partial charge in [-0.15, -0.1) is 0 Å². The van der Waals surface area contributed by atoms with Crippen LogP contribution in [-0.4, -0.2) is 26.5 Å². The van der Waals surface area contributed by atoms with Gasteiger partial charge in [-0.05, 0) is 43.4 Å². The average molecular weight is 322 g/mol. The van der Waals surface area contributed by atoms with Crippen LogP contribution in [0.15, 0.2) is 43.1 Å².